The van der Waals surface area contributed by atoms with Crippen molar-refractivity contribution in [2.45, 2.75) is 87.8 Å². The van der Waals surface area contributed by atoms with E-state index in [1.54, 1.807) is 42.3 Å². The van der Waals surface area contributed by atoms with Crippen molar-refractivity contribution in [3.05, 3.63) is 130 Å². The van der Waals surface area contributed by atoms with Crippen molar-refractivity contribution in [2.24, 2.45) is 18.5 Å². The van der Waals surface area contributed by atoms with E-state index < -0.39 is 42.7 Å². The van der Waals surface area contributed by atoms with Crippen LogP contribution < -0.4 is 47.4 Å². The number of likely N-dealkylation sites (N-methyl/N-ethyl adjacent to an activating group) is 1. The van der Waals surface area contributed by atoms with Gasteiger partial charge in [0.2, 0.25) is 0 Å². The lowest BCUT2D eigenvalue weighted by atomic mass is 9.96. The molecule has 3 saturated heterocycles. The Hall–Kier alpha value is -7.98. The van der Waals surface area contributed by atoms with Gasteiger partial charge in [-0.3, -0.25) is 23.9 Å². The first-order chi connectivity index (χ1) is 37.9. The second-order valence-corrected chi connectivity index (χ2v) is 21.7. The summed E-state index contributed by atoms with van der Waals surface area (Å²) >= 11 is 6.49. The average molecular weight is 1100 g/mol. The number of hydrogen-bond donors (Lipinski definition) is 6. The zero-order chi connectivity index (χ0) is 55.5. The Bertz CT molecular complexity index is 3200. The Kier molecular flexibility index (Phi) is 15.9. The maximum Gasteiger partial charge on any atom is 0.271 e. The molecule has 2 aliphatic carbocycles. The first-order valence-corrected chi connectivity index (χ1v) is 27.1. The van der Waals surface area contributed by atoms with E-state index in [0.29, 0.717) is 45.3 Å². The van der Waals surface area contributed by atoms with E-state index in [4.69, 9.17) is 28.1 Å². The molecular formula is C56H65ClF2N16O4. The lowest BCUT2D eigenvalue weighted by Gasteiger charge is -2.40. The van der Waals surface area contributed by atoms with E-state index in [9.17, 15) is 28.0 Å². The summed E-state index contributed by atoms with van der Waals surface area (Å²) in [5, 5.41) is 16.8. The van der Waals surface area contributed by atoms with Crippen LogP contribution in [0.2, 0.25) is 5.02 Å². The van der Waals surface area contributed by atoms with Crippen molar-refractivity contribution in [1.82, 2.24) is 45.2 Å². The average Bonchev–Trinajstić information content (AvgIpc) is 4.41. The summed E-state index contributed by atoms with van der Waals surface area (Å²) < 4.78 is 31.0. The van der Waals surface area contributed by atoms with Gasteiger partial charge < -0.3 is 52.3 Å². The Morgan fingerprint density at radius 3 is 1.94 bits per heavy atom. The summed E-state index contributed by atoms with van der Waals surface area (Å²) in [6.07, 6.45) is 11.8. The topological polar surface area (TPSA) is 251 Å². The van der Waals surface area contributed by atoms with Gasteiger partial charge in [0.15, 0.2) is 23.0 Å². The van der Waals surface area contributed by atoms with Gasteiger partial charge in [0, 0.05) is 98.5 Å². The number of piperidine rings is 2. The summed E-state index contributed by atoms with van der Waals surface area (Å²) in [6, 6.07) is 20.0. The molecule has 3 atom stereocenters. The second-order valence-electron chi connectivity index (χ2n) is 21.2. The molecule has 11 rings (SSSR count). The van der Waals surface area contributed by atoms with Crippen LogP contribution in [0, 0.1) is 0 Å². The van der Waals surface area contributed by atoms with E-state index in [-0.39, 0.29) is 47.6 Å². The molecule has 5 aliphatic rings. The van der Waals surface area contributed by atoms with Crippen LogP contribution in [0.15, 0.2) is 91.5 Å². The van der Waals surface area contributed by atoms with Crippen LogP contribution >= 0.6 is 11.6 Å². The van der Waals surface area contributed by atoms with Crippen molar-refractivity contribution in [2.75, 3.05) is 78.2 Å². The Balaban J connectivity index is 0.000000181. The van der Waals surface area contributed by atoms with E-state index in [0.717, 1.165) is 88.2 Å². The number of aromatic nitrogens is 6. The fraction of sp³-hybridized carbons (Fsp3) is 0.411. The van der Waals surface area contributed by atoms with Crippen LogP contribution in [0.3, 0.4) is 0 Å². The number of carbonyl (C=O) groups excluding carboxylic acids is 4. The molecular weight excluding hydrogens is 1030 g/mol. The molecule has 3 aromatic heterocycles. The summed E-state index contributed by atoms with van der Waals surface area (Å²) in [7, 11) is 3.86. The molecule has 1 unspecified atom stereocenters. The molecule has 6 aromatic rings. The zero-order valence-corrected chi connectivity index (χ0v) is 45.1. The number of carbonyl (C=O) groups is 4. The smallest absolute Gasteiger partial charge is 0.271 e. The Morgan fingerprint density at radius 2 is 1.32 bits per heavy atom. The van der Waals surface area contributed by atoms with Crippen LogP contribution in [-0.2, 0) is 7.05 Å². The summed E-state index contributed by atoms with van der Waals surface area (Å²) in [6.45, 7) is 6.35. The number of primary amides is 2. The zero-order valence-electron chi connectivity index (χ0n) is 44.3. The van der Waals surface area contributed by atoms with Gasteiger partial charge in [-0.25, -0.2) is 28.7 Å². The fourth-order valence-corrected chi connectivity index (χ4v) is 10.8. The highest BCUT2D eigenvalue weighted by molar-refractivity contribution is 6.31. The molecule has 20 nitrogen and oxygen atoms in total. The number of aryl methyl sites for hydroxylation is 1. The highest BCUT2D eigenvalue weighted by Crippen LogP contribution is 2.43. The number of hydrogen-bond acceptors (Lipinski definition) is 15. The highest BCUT2D eigenvalue weighted by Gasteiger charge is 2.42. The largest absolute Gasteiger partial charge is 0.369 e. The van der Waals surface area contributed by atoms with Gasteiger partial charge in [0.1, 0.15) is 11.6 Å². The lowest BCUT2D eigenvalue weighted by molar-refractivity contribution is -0.0209. The third kappa shape index (κ3) is 13.3. The molecule has 0 spiro atoms. The minimum atomic E-state index is -3.08. The maximum absolute atomic E-state index is 14.7. The molecule has 2 saturated carbocycles. The van der Waals surface area contributed by atoms with Gasteiger partial charge in [0.25, 0.3) is 29.6 Å². The van der Waals surface area contributed by atoms with Crippen LogP contribution in [0.1, 0.15) is 117 Å². The first kappa shape index (κ1) is 54.4. The normalized spacial score (nSPS) is 20.1. The van der Waals surface area contributed by atoms with Gasteiger partial charge >= 0.3 is 0 Å². The molecule has 0 radical (unpaired) electrons. The summed E-state index contributed by atoms with van der Waals surface area (Å²) in [5.41, 5.74) is 16.8. The van der Waals surface area contributed by atoms with Gasteiger partial charge in [-0.15, -0.1) is 0 Å². The number of amides is 4. The summed E-state index contributed by atoms with van der Waals surface area (Å²) in [5.74, 6) is -2.93. The van der Waals surface area contributed by atoms with E-state index >= 15 is 0 Å². The number of piperazine rings is 1. The molecule has 3 aliphatic heterocycles. The number of halogens is 3. The van der Waals surface area contributed by atoms with Crippen LogP contribution in [0.25, 0.3) is 0 Å². The number of nitrogens with zero attached hydrogens (tertiary/aromatic N) is 10. The predicted octanol–water partition coefficient (Wildman–Crippen LogP) is 6.96. The second kappa shape index (κ2) is 23.2. The third-order valence-corrected chi connectivity index (χ3v) is 15.4. The number of nitrogens with one attached hydrogen (secondary N) is 4. The molecule has 23 heteroatoms. The monoisotopic (exact) mass is 1100 g/mol. The Labute approximate surface area is 461 Å². The van der Waals surface area contributed by atoms with Gasteiger partial charge in [-0.1, -0.05) is 29.8 Å². The molecule has 5 fully saturated rings. The number of nitrogens with two attached hydrogens (primary N) is 2. The SMILES string of the molecule is C[C@@H]1[C@H](NC(=O)c2ccc(C3CC3)c(Cl)c2)CCCN1c1cnc(C(N)=O)c(Nc2ccc(N3CCN(C)CC3)cc2)n1.Cn1cc(Nc2nc(N3CC(NC(=O)c4ccc(C5CC5)cc4)CC(F)(F)C3)cnc2C(N)=O)cn1. The molecule has 8 N–H and O–H groups in total. The number of rotatable bonds is 15. The van der Waals surface area contributed by atoms with Gasteiger partial charge in [0.05, 0.1) is 36.9 Å². The molecule has 3 aromatic carbocycles. The van der Waals surface area contributed by atoms with Crippen LogP contribution in [0.4, 0.5) is 49.1 Å². The highest BCUT2D eigenvalue weighted by atomic mass is 35.5. The molecule has 6 heterocycles. The van der Waals surface area contributed by atoms with E-state index in [1.165, 1.54) is 22.9 Å². The third-order valence-electron chi connectivity index (χ3n) is 15.1. The van der Waals surface area contributed by atoms with E-state index in [1.807, 2.05) is 36.4 Å². The van der Waals surface area contributed by atoms with Crippen molar-refractivity contribution >= 4 is 75.6 Å². The van der Waals surface area contributed by atoms with Crippen molar-refractivity contribution < 1.29 is 28.0 Å². The minimum absolute atomic E-state index is 0.0261. The molecule has 4 amide bonds. The molecule has 0 bridgehead atoms. The number of anilines is 7. The van der Waals surface area contributed by atoms with Crippen LogP contribution in [0.5, 0.6) is 0 Å². The van der Waals surface area contributed by atoms with Gasteiger partial charge in [-0.05, 0) is 124 Å². The van der Waals surface area contributed by atoms with Gasteiger partial charge in [-0.2, -0.15) is 5.10 Å². The maximum atomic E-state index is 14.7. The number of alkyl halides is 2. The van der Waals surface area contributed by atoms with Crippen molar-refractivity contribution in [3.8, 4) is 0 Å². The van der Waals surface area contributed by atoms with Crippen molar-refractivity contribution in [3.63, 3.8) is 0 Å². The molecule has 79 heavy (non-hydrogen) atoms. The van der Waals surface area contributed by atoms with Crippen molar-refractivity contribution in [1.29, 1.82) is 0 Å². The fourth-order valence-electron chi connectivity index (χ4n) is 10.4. The molecule has 414 valence electrons. The summed E-state index contributed by atoms with van der Waals surface area (Å²) in [4.78, 5) is 75.8. The Morgan fingerprint density at radius 1 is 0.696 bits per heavy atom. The minimum Gasteiger partial charge on any atom is -0.369 e. The van der Waals surface area contributed by atoms with Crippen LogP contribution in [-0.4, -0.2) is 135 Å². The predicted molar refractivity (Wildman–Crippen MR) is 299 cm³/mol. The lowest BCUT2D eigenvalue weighted by Crippen LogP contribution is -2.55. The number of benzene rings is 3. The first-order valence-electron chi connectivity index (χ1n) is 26.7. The van der Waals surface area contributed by atoms with E-state index in [2.05, 4.69) is 82.1 Å². The quantitative estimate of drug-likeness (QED) is 0.0608. The standard InChI is InChI=1S/C32H39ClN8O2.C24H26F2N8O2/c1-20-27(37-32(43)22-7-12-25(21-5-6-21)26(33)18-22)4-3-13-41(20)28-19-35-29(30(34)42)31(38-28)36-23-8-10-24(11-9-23)40-16-14-39(2)15-17-40;1-33-11-18(9-29-33)30-22-20(21(27)35)28-10-19(32-22)34-12-17(8-24(25,26)13-34)31-23(36)16-6-4-15(5-7-16)14-2-3-14/h7-12,18-21,27H,3-6,13-17H2,1-2H3,(H2,34,42)(H,36,38)(H,37,43);4-7,9-11,14,17H,2-3,8,12-13H2,1H3,(H2,27,35)(H,30,32)(H,31,36)/t20-,27-;/m1./s1.